The molecule has 5 rings (SSSR count). The lowest BCUT2D eigenvalue weighted by atomic mass is 9.48. The topological polar surface area (TPSA) is 132 Å². The Morgan fingerprint density at radius 2 is 1.86 bits per heavy atom. The fraction of sp³-hybridized carbons (Fsp3) is 0.524. The molecule has 3 aliphatic heterocycles. The van der Waals surface area contributed by atoms with Crippen LogP contribution < -0.4 is 9.47 Å². The Bertz CT molecular complexity index is 989. The van der Waals surface area contributed by atoms with Gasteiger partial charge in [-0.3, -0.25) is 5.41 Å². The second kappa shape index (κ2) is 6.37. The Hall–Kier alpha value is -3.28. The minimum atomic E-state index is -1.91. The number of hydrogen-bond acceptors (Lipinski definition) is 8. The lowest BCUT2D eigenvalue weighted by Gasteiger charge is -2.63. The lowest BCUT2D eigenvalue weighted by molar-refractivity contribution is -0.360. The minimum absolute atomic E-state index is 0.387. The van der Waals surface area contributed by atoms with Gasteiger partial charge in [0, 0.05) is 18.1 Å². The van der Waals surface area contributed by atoms with Gasteiger partial charge in [-0.05, 0) is 25.0 Å². The molecular formula is C21H20N4O4. The number of methoxy groups -OCH3 is 2. The van der Waals surface area contributed by atoms with Crippen LogP contribution in [0.1, 0.15) is 37.4 Å². The molecule has 1 aliphatic carbocycles. The average Bonchev–Trinajstić information content (AvgIpc) is 2.76. The van der Waals surface area contributed by atoms with E-state index < -0.39 is 34.5 Å². The van der Waals surface area contributed by atoms with Gasteiger partial charge in [0.2, 0.25) is 11.7 Å². The largest absolute Gasteiger partial charge is 0.497 e. The number of nitriles is 3. The molecule has 4 atom stereocenters. The Morgan fingerprint density at radius 3 is 2.48 bits per heavy atom. The van der Waals surface area contributed by atoms with Gasteiger partial charge < -0.3 is 18.9 Å². The molecule has 0 amide bonds. The fourth-order valence-electron chi connectivity index (χ4n) is 5.16. The van der Waals surface area contributed by atoms with Crippen LogP contribution >= 0.6 is 0 Å². The fourth-order valence-corrected chi connectivity index (χ4v) is 5.16. The van der Waals surface area contributed by atoms with Gasteiger partial charge in [-0.25, -0.2) is 0 Å². The standard InChI is InChI=1S/C21H20N4O4/c1-26-13-6-7-14(15(9-13)27-2)17-20(12-24)18(25)29-21(28-17)8-4-3-5-16(21)19(20,10-22)11-23/h6-7,9,16-17,25H,3-5,8H2,1-2H3/t16-,17+,20-,21-/m1/s1. The SMILES string of the molecule is COc1ccc([C@@H]2O[C@@]34CCCC[C@@H]3C(C#N)(C#N)[C@@]2(C#N)C(=N)O4)c(OC)c1. The molecule has 3 heterocycles. The van der Waals surface area contributed by atoms with E-state index in [0.29, 0.717) is 29.9 Å². The Labute approximate surface area is 168 Å². The average molecular weight is 392 g/mol. The molecule has 1 saturated carbocycles. The van der Waals surface area contributed by atoms with Crippen LogP contribution in [0, 0.1) is 56.2 Å². The van der Waals surface area contributed by atoms with Gasteiger partial charge in [0.05, 0.1) is 38.3 Å². The van der Waals surface area contributed by atoms with Crippen LogP contribution in [0.2, 0.25) is 0 Å². The van der Waals surface area contributed by atoms with E-state index in [-0.39, 0.29) is 0 Å². The first-order valence-corrected chi connectivity index (χ1v) is 9.40. The number of nitrogens with zero attached hydrogens (tertiary/aromatic N) is 3. The van der Waals surface area contributed by atoms with Gasteiger partial charge in [-0.1, -0.05) is 6.42 Å². The predicted molar refractivity (Wildman–Crippen MR) is 98.6 cm³/mol. The molecule has 0 unspecified atom stereocenters. The van der Waals surface area contributed by atoms with Gasteiger partial charge in [0.15, 0.2) is 10.8 Å². The molecule has 1 aromatic carbocycles. The van der Waals surface area contributed by atoms with Crippen molar-refractivity contribution in [2.75, 3.05) is 14.2 Å². The lowest BCUT2D eigenvalue weighted by Crippen LogP contribution is -2.73. The zero-order valence-electron chi connectivity index (χ0n) is 16.2. The zero-order chi connectivity index (χ0) is 20.9. The van der Waals surface area contributed by atoms with E-state index in [1.54, 1.807) is 18.2 Å². The first-order chi connectivity index (χ1) is 14.0. The van der Waals surface area contributed by atoms with Crippen molar-refractivity contribution in [2.45, 2.75) is 37.6 Å². The molecule has 29 heavy (non-hydrogen) atoms. The third-order valence-corrected chi connectivity index (χ3v) is 6.54. The molecule has 1 N–H and O–H groups in total. The summed E-state index contributed by atoms with van der Waals surface area (Å²) in [6.45, 7) is 0. The van der Waals surface area contributed by atoms with Crippen molar-refractivity contribution in [1.82, 2.24) is 0 Å². The maximum absolute atomic E-state index is 10.3. The highest BCUT2D eigenvalue weighted by atomic mass is 16.7. The molecule has 4 fully saturated rings. The highest BCUT2D eigenvalue weighted by Gasteiger charge is 2.80. The van der Waals surface area contributed by atoms with E-state index in [1.165, 1.54) is 14.2 Å². The summed E-state index contributed by atoms with van der Waals surface area (Å²) in [6.07, 6.45) is 1.48. The summed E-state index contributed by atoms with van der Waals surface area (Å²) in [5, 5.41) is 39.3. The van der Waals surface area contributed by atoms with Crippen molar-refractivity contribution in [2.24, 2.45) is 16.7 Å². The second-order valence-corrected chi connectivity index (χ2v) is 7.60. The minimum Gasteiger partial charge on any atom is -0.497 e. The summed E-state index contributed by atoms with van der Waals surface area (Å²) in [5.74, 6) is -1.36. The molecule has 8 nitrogen and oxygen atoms in total. The van der Waals surface area contributed by atoms with E-state index in [9.17, 15) is 15.8 Å². The molecule has 2 bridgehead atoms. The maximum Gasteiger partial charge on any atom is 0.218 e. The van der Waals surface area contributed by atoms with Crippen molar-refractivity contribution in [3.8, 4) is 29.7 Å². The smallest absolute Gasteiger partial charge is 0.218 e. The van der Waals surface area contributed by atoms with Crippen molar-refractivity contribution < 1.29 is 18.9 Å². The Balaban J connectivity index is 2.01. The quantitative estimate of drug-likeness (QED) is 0.835. The molecule has 0 aromatic heterocycles. The van der Waals surface area contributed by atoms with Gasteiger partial charge in [-0.2, -0.15) is 15.8 Å². The van der Waals surface area contributed by atoms with Crippen molar-refractivity contribution in [3.05, 3.63) is 23.8 Å². The van der Waals surface area contributed by atoms with Crippen molar-refractivity contribution in [1.29, 1.82) is 21.2 Å². The molecule has 4 aliphatic rings. The van der Waals surface area contributed by atoms with Crippen LogP contribution in [0.4, 0.5) is 0 Å². The van der Waals surface area contributed by atoms with Crippen LogP contribution in [-0.4, -0.2) is 25.9 Å². The monoisotopic (exact) mass is 392 g/mol. The molecule has 148 valence electrons. The maximum atomic E-state index is 10.3. The van der Waals surface area contributed by atoms with E-state index in [4.69, 9.17) is 24.4 Å². The summed E-state index contributed by atoms with van der Waals surface area (Å²) in [5.41, 5.74) is -3.21. The van der Waals surface area contributed by atoms with Crippen molar-refractivity contribution >= 4 is 5.90 Å². The molecule has 1 spiro atoms. The summed E-state index contributed by atoms with van der Waals surface area (Å²) >= 11 is 0. The van der Waals surface area contributed by atoms with Gasteiger partial charge >= 0.3 is 0 Å². The van der Waals surface area contributed by atoms with Crippen LogP contribution in [-0.2, 0) is 9.47 Å². The van der Waals surface area contributed by atoms with E-state index in [1.807, 2.05) is 0 Å². The van der Waals surface area contributed by atoms with Crippen LogP contribution in [0.15, 0.2) is 18.2 Å². The molecule has 8 heteroatoms. The Kier molecular flexibility index (Phi) is 4.19. The van der Waals surface area contributed by atoms with Crippen LogP contribution in [0.25, 0.3) is 0 Å². The van der Waals surface area contributed by atoms with Crippen LogP contribution in [0.5, 0.6) is 11.5 Å². The Morgan fingerprint density at radius 1 is 1.10 bits per heavy atom. The van der Waals surface area contributed by atoms with Gasteiger partial charge in [0.25, 0.3) is 0 Å². The first-order valence-electron chi connectivity index (χ1n) is 9.40. The number of fused-ring (bicyclic) bond motifs is 2. The molecule has 0 radical (unpaired) electrons. The van der Waals surface area contributed by atoms with E-state index in [0.717, 1.165) is 12.8 Å². The number of nitrogens with one attached hydrogen (secondary N) is 1. The van der Waals surface area contributed by atoms with Gasteiger partial charge in [0.1, 0.15) is 17.6 Å². The zero-order valence-corrected chi connectivity index (χ0v) is 16.2. The number of hydrogen-bond donors (Lipinski definition) is 1. The normalized spacial score (nSPS) is 34.0. The van der Waals surface area contributed by atoms with Crippen LogP contribution in [0.3, 0.4) is 0 Å². The highest BCUT2D eigenvalue weighted by molar-refractivity contribution is 5.89. The third-order valence-electron chi connectivity index (χ3n) is 6.54. The summed E-state index contributed by atoms with van der Waals surface area (Å²) in [6, 6.07) is 11.4. The number of benzene rings is 1. The first kappa shape index (κ1) is 19.1. The highest BCUT2D eigenvalue weighted by Crippen LogP contribution is 2.69. The predicted octanol–water partition coefficient (Wildman–Crippen LogP) is 3.21. The second-order valence-electron chi connectivity index (χ2n) is 7.60. The molecule has 1 aromatic rings. The third kappa shape index (κ3) is 2.11. The summed E-state index contributed by atoms with van der Waals surface area (Å²) in [4.78, 5) is 0. The van der Waals surface area contributed by atoms with Crippen molar-refractivity contribution in [3.63, 3.8) is 0 Å². The molecule has 3 saturated heterocycles. The molecular weight excluding hydrogens is 372 g/mol. The van der Waals surface area contributed by atoms with E-state index in [2.05, 4.69) is 18.2 Å². The number of ether oxygens (including phenoxy) is 4. The number of rotatable bonds is 3. The van der Waals surface area contributed by atoms with E-state index >= 15 is 0 Å². The van der Waals surface area contributed by atoms with Gasteiger partial charge in [-0.15, -0.1) is 0 Å². The summed E-state index contributed by atoms with van der Waals surface area (Å²) in [7, 11) is 3.00. The summed E-state index contributed by atoms with van der Waals surface area (Å²) < 4.78 is 23.0.